The highest BCUT2D eigenvalue weighted by atomic mass is 32.1. The maximum Gasteiger partial charge on any atom is 0.490 e. The Morgan fingerprint density at radius 1 is 1.34 bits per heavy atom. The van der Waals surface area contributed by atoms with Crippen LogP contribution in [0.15, 0.2) is 34.9 Å². The van der Waals surface area contributed by atoms with E-state index in [9.17, 15) is 24.7 Å². The van der Waals surface area contributed by atoms with Gasteiger partial charge in [-0.3, -0.25) is 10.1 Å². The van der Waals surface area contributed by atoms with Gasteiger partial charge in [0.15, 0.2) is 0 Å². The van der Waals surface area contributed by atoms with Crippen LogP contribution in [-0.4, -0.2) is 70.9 Å². The molecule has 1 aromatic carbocycles. The zero-order chi connectivity index (χ0) is 25.2. The van der Waals surface area contributed by atoms with Crippen molar-refractivity contribution in [3.05, 3.63) is 29.9 Å². The maximum absolute atomic E-state index is 12.9. The summed E-state index contributed by atoms with van der Waals surface area (Å²) in [4.78, 5) is 36.4. The number of aliphatic imine (C=N–C) groups is 1. The van der Waals surface area contributed by atoms with Gasteiger partial charge in [-0.05, 0) is 44.5 Å². The Hall–Kier alpha value is -3.00. The fourth-order valence-electron chi connectivity index (χ4n) is 5.15. The lowest BCUT2D eigenvalue weighted by atomic mass is 9.65. The number of fused-ring (bicyclic) bond motifs is 1. The van der Waals surface area contributed by atoms with Gasteiger partial charge in [-0.25, -0.2) is 14.8 Å². The number of rotatable bonds is 7. The Morgan fingerprint density at radius 2 is 2.14 bits per heavy atom. The third kappa shape index (κ3) is 4.29. The van der Waals surface area contributed by atoms with Crippen molar-refractivity contribution in [1.82, 2.24) is 20.9 Å². The normalized spacial score (nSPS) is 26.1. The molecule has 0 bridgehead atoms. The van der Waals surface area contributed by atoms with Crippen molar-refractivity contribution in [3.8, 4) is 0 Å². The number of thiazole rings is 1. The van der Waals surface area contributed by atoms with Gasteiger partial charge in [0.05, 0.1) is 27.1 Å². The van der Waals surface area contributed by atoms with Gasteiger partial charge in [0.1, 0.15) is 0 Å². The number of hydrogen-bond acceptors (Lipinski definition) is 9. The molecule has 2 aliphatic heterocycles. The van der Waals surface area contributed by atoms with Gasteiger partial charge in [-0.15, -0.1) is 11.3 Å². The Balaban J connectivity index is 1.94. The average molecular weight is 500 g/mol. The van der Waals surface area contributed by atoms with Crippen LogP contribution in [0.1, 0.15) is 26.7 Å². The second-order valence-electron chi connectivity index (χ2n) is 8.63. The standard InChI is InChI=1S/C22H29BN6O5S/c1-3-21(19(30)31)6-8-24-12-17(21)22(28-20(32)25-4-2)27-7-5-9-29(22)14-10-15(23(33)34)18-16(11-14)26-13-35-18/h5,7,9-11,13,17,24,33-34H,3-4,6,8,12H2,1-2H3,(H,30,31)(H2,25,28,32). The number of nitrogens with one attached hydrogen (secondary N) is 3. The Bertz CT molecular complexity index is 1170. The van der Waals surface area contributed by atoms with E-state index in [-0.39, 0.29) is 5.46 Å². The summed E-state index contributed by atoms with van der Waals surface area (Å²) < 4.78 is 0.628. The van der Waals surface area contributed by atoms with Crippen LogP contribution in [0.3, 0.4) is 0 Å². The molecule has 3 heterocycles. The topological polar surface area (TPSA) is 159 Å². The summed E-state index contributed by atoms with van der Waals surface area (Å²) >= 11 is 1.29. The molecule has 11 nitrogen and oxygen atoms in total. The molecular weight excluding hydrogens is 471 g/mol. The Kier molecular flexibility index (Phi) is 7.13. The number of allylic oxidation sites excluding steroid dienone is 1. The summed E-state index contributed by atoms with van der Waals surface area (Å²) in [7, 11) is -1.74. The van der Waals surface area contributed by atoms with Gasteiger partial charge in [0, 0.05) is 36.7 Å². The molecule has 1 saturated heterocycles. The number of benzene rings is 1. The lowest BCUT2D eigenvalue weighted by Gasteiger charge is -2.53. The van der Waals surface area contributed by atoms with Gasteiger partial charge < -0.3 is 30.7 Å². The number of carbonyl (C=O) groups excluding carboxylic acids is 1. The summed E-state index contributed by atoms with van der Waals surface area (Å²) in [6.45, 7) is 4.81. The van der Waals surface area contributed by atoms with E-state index in [2.05, 4.69) is 20.9 Å². The smallest absolute Gasteiger partial charge is 0.481 e. The summed E-state index contributed by atoms with van der Waals surface area (Å²) in [5.41, 5.74) is 1.74. The molecule has 4 rings (SSSR count). The second kappa shape index (κ2) is 9.94. The Labute approximate surface area is 207 Å². The summed E-state index contributed by atoms with van der Waals surface area (Å²) in [5.74, 6) is -3.14. The number of amides is 2. The van der Waals surface area contributed by atoms with Crippen molar-refractivity contribution in [2.45, 2.75) is 32.5 Å². The minimum Gasteiger partial charge on any atom is -0.481 e. The first-order valence-electron chi connectivity index (χ1n) is 11.5. The first kappa shape index (κ1) is 25.1. The number of nitrogens with zero attached hydrogens (tertiary/aromatic N) is 3. The highest BCUT2D eigenvalue weighted by Gasteiger charge is 2.59. The van der Waals surface area contributed by atoms with Gasteiger partial charge in [0.2, 0.25) is 5.79 Å². The minimum absolute atomic E-state index is 0.261. The van der Waals surface area contributed by atoms with Gasteiger partial charge >= 0.3 is 19.1 Å². The molecule has 1 fully saturated rings. The number of hydrogen-bond donors (Lipinski definition) is 6. The maximum atomic E-state index is 12.9. The van der Waals surface area contributed by atoms with Crippen LogP contribution in [0.2, 0.25) is 0 Å². The summed E-state index contributed by atoms with van der Waals surface area (Å²) in [6, 6.07) is 2.87. The Morgan fingerprint density at radius 3 is 2.83 bits per heavy atom. The molecule has 13 heteroatoms. The number of aliphatic carboxylic acids is 1. The van der Waals surface area contributed by atoms with Crippen molar-refractivity contribution < 1.29 is 24.7 Å². The highest BCUT2D eigenvalue weighted by molar-refractivity contribution is 7.18. The zero-order valence-electron chi connectivity index (χ0n) is 19.6. The van der Waals surface area contributed by atoms with E-state index in [0.29, 0.717) is 48.4 Å². The molecule has 186 valence electrons. The number of anilines is 1. The van der Waals surface area contributed by atoms with Crippen molar-refractivity contribution >= 4 is 58.0 Å². The second-order valence-corrected chi connectivity index (χ2v) is 9.49. The first-order valence-corrected chi connectivity index (χ1v) is 12.4. The van der Waals surface area contributed by atoms with E-state index in [1.807, 2.05) is 6.92 Å². The van der Waals surface area contributed by atoms with E-state index < -0.39 is 36.2 Å². The van der Waals surface area contributed by atoms with Gasteiger partial charge in [-0.2, -0.15) is 0 Å². The van der Waals surface area contributed by atoms with E-state index in [4.69, 9.17) is 4.99 Å². The molecule has 0 saturated carbocycles. The average Bonchev–Trinajstić information content (AvgIpc) is 3.32. The van der Waals surface area contributed by atoms with Crippen LogP contribution in [0.4, 0.5) is 10.5 Å². The third-order valence-electron chi connectivity index (χ3n) is 6.90. The van der Waals surface area contributed by atoms with Crippen LogP contribution in [0, 0.1) is 11.3 Å². The molecule has 2 amide bonds. The predicted octanol–water partition coefficient (Wildman–Crippen LogP) is 0.444. The van der Waals surface area contributed by atoms with Crippen LogP contribution in [0.5, 0.6) is 0 Å². The van der Waals surface area contributed by atoms with Crippen molar-refractivity contribution in [2.24, 2.45) is 16.3 Å². The molecule has 3 atom stereocenters. The monoisotopic (exact) mass is 500 g/mol. The van der Waals surface area contributed by atoms with E-state index in [1.165, 1.54) is 11.3 Å². The van der Waals surface area contributed by atoms with Crippen LogP contribution < -0.4 is 26.3 Å². The van der Waals surface area contributed by atoms with Gasteiger partial charge in [-0.1, -0.05) is 6.92 Å². The SMILES string of the molecule is CCNC(=O)NC1(C2CNCCC2(CC)C(=O)O)N=CC=CN1c1cc(B(O)O)c2scnc2c1. The van der Waals surface area contributed by atoms with E-state index in [1.54, 1.807) is 48.0 Å². The van der Waals surface area contributed by atoms with Crippen LogP contribution >= 0.6 is 11.3 Å². The van der Waals surface area contributed by atoms with Crippen molar-refractivity contribution in [2.75, 3.05) is 24.5 Å². The molecule has 6 N–H and O–H groups in total. The molecule has 0 radical (unpaired) electrons. The largest absolute Gasteiger partial charge is 0.490 e. The number of carbonyl (C=O) groups is 2. The molecule has 2 aliphatic rings. The summed E-state index contributed by atoms with van der Waals surface area (Å²) in [6.07, 6.45) is 5.63. The molecule has 0 aliphatic carbocycles. The lowest BCUT2D eigenvalue weighted by molar-refractivity contribution is -0.158. The number of urea groups is 1. The number of piperidine rings is 1. The minimum atomic E-state index is -1.74. The number of aromatic nitrogens is 1. The van der Waals surface area contributed by atoms with Crippen molar-refractivity contribution in [1.29, 1.82) is 0 Å². The predicted molar refractivity (Wildman–Crippen MR) is 136 cm³/mol. The van der Waals surface area contributed by atoms with Crippen molar-refractivity contribution in [3.63, 3.8) is 0 Å². The molecule has 3 unspecified atom stereocenters. The van der Waals surface area contributed by atoms with Crippen LogP contribution in [0.25, 0.3) is 10.2 Å². The van der Waals surface area contributed by atoms with Gasteiger partial charge in [0.25, 0.3) is 0 Å². The molecule has 1 aromatic heterocycles. The molecule has 0 spiro atoms. The number of carboxylic acid groups (broad SMARTS) is 1. The third-order valence-corrected chi connectivity index (χ3v) is 7.79. The fraction of sp³-hybridized carbons (Fsp3) is 0.455. The highest BCUT2D eigenvalue weighted by Crippen LogP contribution is 2.47. The van der Waals surface area contributed by atoms with Crippen LogP contribution in [-0.2, 0) is 4.79 Å². The molecule has 35 heavy (non-hydrogen) atoms. The fourth-order valence-corrected chi connectivity index (χ4v) is 5.95. The lowest BCUT2D eigenvalue weighted by Crippen LogP contribution is -2.71. The molecule has 2 aromatic rings. The van der Waals surface area contributed by atoms with E-state index in [0.717, 1.165) is 0 Å². The molecular formula is C22H29BN6O5S. The quantitative estimate of drug-likeness (QED) is 0.299. The summed E-state index contributed by atoms with van der Waals surface area (Å²) in [5, 5.41) is 39.5. The first-order chi connectivity index (χ1) is 16.8. The van der Waals surface area contributed by atoms with E-state index >= 15 is 0 Å². The zero-order valence-corrected chi connectivity index (χ0v) is 20.4. The number of carboxylic acids is 1.